The van der Waals surface area contributed by atoms with Gasteiger partial charge in [-0.15, -0.1) is 5.73 Å². The molecule has 0 bridgehead atoms. The lowest BCUT2D eigenvalue weighted by atomic mass is 9.90. The van der Waals surface area contributed by atoms with Gasteiger partial charge in [0, 0.05) is 5.57 Å². The first-order chi connectivity index (χ1) is 6.88. The van der Waals surface area contributed by atoms with E-state index in [1.54, 1.807) is 0 Å². The van der Waals surface area contributed by atoms with Gasteiger partial charge in [-0.05, 0) is 31.8 Å². The lowest BCUT2D eigenvalue weighted by molar-refractivity contribution is -0.117. The van der Waals surface area contributed by atoms with E-state index in [-0.39, 0.29) is 11.7 Å². The molecular formula is C13H14O. The van der Waals surface area contributed by atoms with E-state index in [0.717, 1.165) is 31.3 Å². The Hall–Kier alpha value is -1.33. The number of hydrogen-bond donors (Lipinski definition) is 0. The Morgan fingerprint density at radius 3 is 2.79 bits per heavy atom. The van der Waals surface area contributed by atoms with Crippen molar-refractivity contribution in [3.8, 4) is 0 Å². The predicted molar refractivity (Wildman–Crippen MR) is 56.8 cm³/mol. The zero-order chi connectivity index (χ0) is 9.80. The Morgan fingerprint density at radius 2 is 2.14 bits per heavy atom. The van der Waals surface area contributed by atoms with Gasteiger partial charge in [0.25, 0.3) is 0 Å². The molecule has 0 unspecified atom stereocenters. The standard InChI is InChI=1S/C13H14O/c14-13(11-7-3-1-4-8-11)12-9-5-2-6-10-12/h3-5,7-8,11H,1-2,6,10H2. The molecule has 0 radical (unpaired) electrons. The molecule has 2 aliphatic rings. The molecule has 0 saturated heterocycles. The van der Waals surface area contributed by atoms with Crippen LogP contribution in [-0.4, -0.2) is 5.78 Å². The van der Waals surface area contributed by atoms with E-state index >= 15 is 0 Å². The molecule has 0 aromatic rings. The minimum absolute atomic E-state index is 0.0299. The Kier molecular flexibility index (Phi) is 2.81. The Morgan fingerprint density at radius 1 is 1.36 bits per heavy atom. The fourth-order valence-corrected chi connectivity index (χ4v) is 1.81. The largest absolute Gasteiger partial charge is 0.293 e. The molecule has 14 heavy (non-hydrogen) atoms. The topological polar surface area (TPSA) is 17.1 Å². The van der Waals surface area contributed by atoms with Gasteiger partial charge in [-0.2, -0.15) is 0 Å². The van der Waals surface area contributed by atoms with E-state index in [1.807, 2.05) is 18.2 Å². The molecule has 0 saturated carbocycles. The lowest BCUT2D eigenvalue weighted by Crippen LogP contribution is -2.14. The van der Waals surface area contributed by atoms with Gasteiger partial charge in [-0.1, -0.05) is 24.3 Å². The number of rotatable bonds is 2. The van der Waals surface area contributed by atoms with Gasteiger partial charge in [-0.25, -0.2) is 0 Å². The highest BCUT2D eigenvalue weighted by atomic mass is 16.1. The van der Waals surface area contributed by atoms with Crippen molar-refractivity contribution in [3.63, 3.8) is 0 Å². The van der Waals surface area contributed by atoms with Gasteiger partial charge in [0.05, 0.1) is 5.92 Å². The molecule has 1 nitrogen and oxygen atoms in total. The molecule has 72 valence electrons. The normalized spacial score (nSPS) is 21.0. The molecule has 0 N–H and O–H groups in total. The molecule has 0 atom stereocenters. The van der Waals surface area contributed by atoms with Gasteiger partial charge in [0.15, 0.2) is 5.78 Å². The van der Waals surface area contributed by atoms with Crippen LogP contribution in [0.25, 0.3) is 0 Å². The highest BCUT2D eigenvalue weighted by molar-refractivity contribution is 5.99. The van der Waals surface area contributed by atoms with Crippen molar-refractivity contribution in [1.82, 2.24) is 0 Å². The van der Waals surface area contributed by atoms with Crippen LogP contribution >= 0.6 is 0 Å². The quantitative estimate of drug-likeness (QED) is 0.478. The fourth-order valence-electron chi connectivity index (χ4n) is 1.81. The molecule has 0 aliphatic heterocycles. The zero-order valence-corrected chi connectivity index (χ0v) is 8.20. The first-order valence-corrected chi connectivity index (χ1v) is 5.19. The van der Waals surface area contributed by atoms with E-state index in [2.05, 4.69) is 17.9 Å². The van der Waals surface area contributed by atoms with E-state index in [1.165, 1.54) is 0 Å². The summed E-state index contributed by atoms with van der Waals surface area (Å²) >= 11 is 0. The molecular weight excluding hydrogens is 172 g/mol. The maximum absolute atomic E-state index is 11.9. The molecule has 0 heterocycles. The molecule has 0 spiro atoms. The summed E-state index contributed by atoms with van der Waals surface area (Å²) in [5.41, 5.74) is 3.96. The highest BCUT2D eigenvalue weighted by Crippen LogP contribution is 2.20. The third-order valence-corrected chi connectivity index (χ3v) is 2.61. The summed E-state index contributed by atoms with van der Waals surface area (Å²) in [5.74, 6) is 0.200. The summed E-state index contributed by atoms with van der Waals surface area (Å²) in [5, 5.41) is 0. The minimum Gasteiger partial charge on any atom is -0.293 e. The van der Waals surface area contributed by atoms with Crippen LogP contribution in [0.15, 0.2) is 41.7 Å². The lowest BCUT2D eigenvalue weighted by Gasteiger charge is -2.12. The molecule has 2 aliphatic carbocycles. The zero-order valence-electron chi connectivity index (χ0n) is 8.20. The number of allylic oxidation sites excluding steroid dienone is 5. The molecule has 2 rings (SSSR count). The van der Waals surface area contributed by atoms with Gasteiger partial charge in [0.2, 0.25) is 0 Å². The van der Waals surface area contributed by atoms with Crippen molar-refractivity contribution in [3.05, 3.63) is 41.7 Å². The van der Waals surface area contributed by atoms with E-state index in [0.29, 0.717) is 0 Å². The van der Waals surface area contributed by atoms with Crippen molar-refractivity contribution in [2.75, 3.05) is 0 Å². The van der Waals surface area contributed by atoms with Crippen LogP contribution in [-0.2, 0) is 4.79 Å². The number of Topliss-reactive ketones (excluding diaryl/α,β-unsaturated/α-hetero) is 1. The van der Waals surface area contributed by atoms with E-state index in [4.69, 9.17) is 0 Å². The predicted octanol–water partition coefficient (Wildman–Crippen LogP) is 2.95. The third kappa shape index (κ3) is 1.94. The third-order valence-electron chi connectivity index (χ3n) is 2.61. The van der Waals surface area contributed by atoms with Crippen molar-refractivity contribution in [1.29, 1.82) is 0 Å². The second kappa shape index (κ2) is 4.26. The minimum atomic E-state index is -0.0299. The average molecular weight is 186 g/mol. The van der Waals surface area contributed by atoms with Crippen LogP contribution in [0, 0.1) is 5.92 Å². The molecule has 0 aromatic carbocycles. The monoisotopic (exact) mass is 186 g/mol. The van der Waals surface area contributed by atoms with Crippen LogP contribution in [0.4, 0.5) is 0 Å². The number of carbonyl (C=O) groups excluding carboxylic acids is 1. The average Bonchev–Trinajstić information content (AvgIpc) is 2.30. The van der Waals surface area contributed by atoms with Crippen molar-refractivity contribution in [2.24, 2.45) is 5.92 Å². The SMILES string of the molecule is O=C(C1=C=CCCC1)C1C=CCC=C1. The Balaban J connectivity index is 2.14. The van der Waals surface area contributed by atoms with Crippen LogP contribution < -0.4 is 0 Å². The van der Waals surface area contributed by atoms with E-state index in [9.17, 15) is 4.79 Å². The first-order valence-electron chi connectivity index (χ1n) is 5.19. The molecule has 0 aromatic heterocycles. The van der Waals surface area contributed by atoms with Crippen LogP contribution in [0.1, 0.15) is 25.7 Å². The highest BCUT2D eigenvalue weighted by Gasteiger charge is 2.18. The second-order valence-corrected chi connectivity index (χ2v) is 3.70. The number of hydrogen-bond acceptors (Lipinski definition) is 1. The molecule has 0 fully saturated rings. The van der Waals surface area contributed by atoms with Gasteiger partial charge < -0.3 is 0 Å². The Labute approximate surface area is 84.5 Å². The van der Waals surface area contributed by atoms with Gasteiger partial charge >= 0.3 is 0 Å². The van der Waals surface area contributed by atoms with Crippen molar-refractivity contribution >= 4 is 5.78 Å². The summed E-state index contributed by atoms with van der Waals surface area (Å²) in [6.45, 7) is 0. The fraction of sp³-hybridized carbons (Fsp3) is 0.385. The van der Waals surface area contributed by atoms with Gasteiger partial charge in [-0.3, -0.25) is 4.79 Å². The van der Waals surface area contributed by atoms with Crippen LogP contribution in [0.3, 0.4) is 0 Å². The maximum Gasteiger partial charge on any atom is 0.177 e. The van der Waals surface area contributed by atoms with Crippen LogP contribution in [0.2, 0.25) is 0 Å². The second-order valence-electron chi connectivity index (χ2n) is 3.70. The summed E-state index contributed by atoms with van der Waals surface area (Å²) in [6.07, 6.45) is 14.1. The summed E-state index contributed by atoms with van der Waals surface area (Å²) in [6, 6.07) is 0. The maximum atomic E-state index is 11.9. The Bertz CT molecular complexity index is 339. The van der Waals surface area contributed by atoms with Crippen molar-refractivity contribution in [2.45, 2.75) is 25.7 Å². The smallest absolute Gasteiger partial charge is 0.177 e. The number of carbonyl (C=O) groups is 1. The summed E-state index contributed by atoms with van der Waals surface area (Å²) in [4.78, 5) is 11.9. The van der Waals surface area contributed by atoms with E-state index < -0.39 is 0 Å². The molecule has 1 heteroatoms. The number of ketones is 1. The first kappa shape index (κ1) is 9.23. The summed E-state index contributed by atoms with van der Waals surface area (Å²) < 4.78 is 0. The summed E-state index contributed by atoms with van der Waals surface area (Å²) in [7, 11) is 0. The molecule has 0 amide bonds. The van der Waals surface area contributed by atoms with Gasteiger partial charge in [0.1, 0.15) is 0 Å². The van der Waals surface area contributed by atoms with Crippen molar-refractivity contribution < 1.29 is 4.79 Å². The van der Waals surface area contributed by atoms with Crippen LogP contribution in [0.5, 0.6) is 0 Å².